The third kappa shape index (κ3) is 6.76. The molecule has 0 aliphatic heterocycles. The lowest BCUT2D eigenvalue weighted by Gasteiger charge is -2.17. The highest BCUT2D eigenvalue weighted by Crippen LogP contribution is 2.34. The number of aliphatic hydroxyl groups is 2. The number of Topliss-reactive ketones (excluding diaryl/α,β-unsaturated/α-hetero) is 1. The molecule has 21 heavy (non-hydrogen) atoms. The van der Waals surface area contributed by atoms with Crippen molar-refractivity contribution in [3.8, 4) is 0 Å². The molecule has 1 aliphatic rings. The largest absolute Gasteiger partial charge is 0.392 e. The van der Waals surface area contributed by atoms with Crippen LogP contribution >= 0.6 is 24.4 Å². The normalized spacial score (nSPS) is 27.6. The van der Waals surface area contributed by atoms with Crippen molar-refractivity contribution >= 4 is 30.2 Å². The minimum atomic E-state index is -0.606. The molecule has 0 amide bonds. The summed E-state index contributed by atoms with van der Waals surface area (Å²) in [5.41, 5.74) is 0. The zero-order valence-electron chi connectivity index (χ0n) is 12.8. The molecule has 0 aromatic heterocycles. The Balaban J connectivity index is 2.49. The number of aliphatic hydroxyl groups excluding tert-OH is 2. The standard InChI is InChI=1S/C16H28O3S2/c1-2-3-4-6-12(17)7-8-13-14(18)11-15(19)16(13)21-10-5-9-20/h7-8,12-14,16-18,20H,2-6,9-11H2,1H3/t12-,13-,14+,16+/m0/s1. The minimum absolute atomic E-state index is 0.127. The van der Waals surface area contributed by atoms with E-state index in [1.54, 1.807) is 17.8 Å². The number of rotatable bonds is 10. The number of hydrogen-bond donors (Lipinski definition) is 3. The van der Waals surface area contributed by atoms with Gasteiger partial charge in [-0.3, -0.25) is 4.79 Å². The van der Waals surface area contributed by atoms with Gasteiger partial charge in [0.2, 0.25) is 0 Å². The van der Waals surface area contributed by atoms with Crippen LogP contribution in [0.25, 0.3) is 0 Å². The van der Waals surface area contributed by atoms with E-state index in [-0.39, 0.29) is 23.4 Å². The summed E-state index contributed by atoms with van der Waals surface area (Å²) in [4.78, 5) is 11.9. The van der Waals surface area contributed by atoms with E-state index in [0.29, 0.717) is 0 Å². The van der Waals surface area contributed by atoms with Gasteiger partial charge in [0.05, 0.1) is 17.5 Å². The summed E-state index contributed by atoms with van der Waals surface area (Å²) in [6, 6.07) is 0. The van der Waals surface area contributed by atoms with E-state index in [2.05, 4.69) is 19.6 Å². The molecule has 0 bridgehead atoms. The van der Waals surface area contributed by atoms with Gasteiger partial charge < -0.3 is 10.2 Å². The minimum Gasteiger partial charge on any atom is -0.392 e. The Morgan fingerprint density at radius 1 is 1.43 bits per heavy atom. The van der Waals surface area contributed by atoms with Crippen LogP contribution in [0.15, 0.2) is 12.2 Å². The van der Waals surface area contributed by atoms with Crippen molar-refractivity contribution in [3.05, 3.63) is 12.2 Å². The second-order valence-electron chi connectivity index (χ2n) is 5.63. The summed E-state index contributed by atoms with van der Waals surface area (Å²) in [7, 11) is 0. The van der Waals surface area contributed by atoms with Crippen LogP contribution in [0.4, 0.5) is 0 Å². The number of carbonyl (C=O) groups is 1. The van der Waals surface area contributed by atoms with Gasteiger partial charge in [0.25, 0.3) is 0 Å². The summed E-state index contributed by atoms with van der Waals surface area (Å²) in [6.45, 7) is 2.13. The molecule has 0 saturated heterocycles. The van der Waals surface area contributed by atoms with Crippen molar-refractivity contribution in [3.63, 3.8) is 0 Å². The van der Waals surface area contributed by atoms with Crippen LogP contribution in [-0.4, -0.2) is 45.0 Å². The van der Waals surface area contributed by atoms with Crippen LogP contribution in [0.5, 0.6) is 0 Å². The topological polar surface area (TPSA) is 57.5 Å². The van der Waals surface area contributed by atoms with Crippen molar-refractivity contribution in [2.24, 2.45) is 5.92 Å². The summed E-state index contributed by atoms with van der Waals surface area (Å²) in [5, 5.41) is 19.8. The molecule has 1 aliphatic carbocycles. The Hall–Kier alpha value is 0.0300. The van der Waals surface area contributed by atoms with E-state index in [1.807, 2.05) is 6.08 Å². The van der Waals surface area contributed by atoms with Crippen LogP contribution in [0.2, 0.25) is 0 Å². The monoisotopic (exact) mass is 332 g/mol. The molecule has 3 nitrogen and oxygen atoms in total. The number of hydrogen-bond acceptors (Lipinski definition) is 5. The Morgan fingerprint density at radius 2 is 2.19 bits per heavy atom. The number of thioether (sulfide) groups is 1. The van der Waals surface area contributed by atoms with Gasteiger partial charge in [0.15, 0.2) is 0 Å². The predicted octanol–water partition coefficient (Wildman–Crippen LogP) is 2.86. The molecule has 0 aromatic rings. The Bertz CT molecular complexity index is 333. The highest BCUT2D eigenvalue weighted by molar-refractivity contribution is 8.00. The molecule has 5 heteroatoms. The van der Waals surface area contributed by atoms with Gasteiger partial charge in [0.1, 0.15) is 5.78 Å². The first-order valence-electron chi connectivity index (χ1n) is 7.89. The van der Waals surface area contributed by atoms with Crippen LogP contribution in [-0.2, 0) is 4.79 Å². The maximum atomic E-state index is 11.9. The van der Waals surface area contributed by atoms with Crippen molar-refractivity contribution in [2.45, 2.75) is 62.9 Å². The Labute approximate surface area is 138 Å². The van der Waals surface area contributed by atoms with Crippen LogP contribution in [0.1, 0.15) is 45.4 Å². The number of thiol groups is 1. The smallest absolute Gasteiger partial charge is 0.149 e. The molecule has 2 N–H and O–H groups in total. The van der Waals surface area contributed by atoms with Crippen molar-refractivity contribution in [1.82, 2.24) is 0 Å². The fourth-order valence-corrected chi connectivity index (χ4v) is 4.25. The Morgan fingerprint density at radius 3 is 2.86 bits per heavy atom. The lowest BCUT2D eigenvalue weighted by molar-refractivity contribution is -0.117. The van der Waals surface area contributed by atoms with Crippen molar-refractivity contribution in [1.29, 1.82) is 0 Å². The van der Waals surface area contributed by atoms with Gasteiger partial charge in [-0.2, -0.15) is 12.6 Å². The third-order valence-corrected chi connectivity index (χ3v) is 5.56. The second kappa shape index (κ2) is 10.7. The molecule has 0 radical (unpaired) electrons. The molecule has 1 saturated carbocycles. The van der Waals surface area contributed by atoms with Gasteiger partial charge in [0, 0.05) is 12.3 Å². The highest BCUT2D eigenvalue weighted by atomic mass is 32.2. The van der Waals surface area contributed by atoms with E-state index >= 15 is 0 Å². The SMILES string of the molecule is CCCCC[C@H](O)C=C[C@H]1[C@H](O)CC(=O)[C@@H]1SCCCS. The van der Waals surface area contributed by atoms with E-state index in [0.717, 1.165) is 43.6 Å². The molecule has 4 atom stereocenters. The first-order chi connectivity index (χ1) is 10.1. The molecular formula is C16H28O3S2. The summed E-state index contributed by atoms with van der Waals surface area (Å²) in [6.07, 6.45) is 7.75. The van der Waals surface area contributed by atoms with Crippen molar-refractivity contribution in [2.75, 3.05) is 11.5 Å². The van der Waals surface area contributed by atoms with Gasteiger partial charge >= 0.3 is 0 Å². The molecule has 0 unspecified atom stereocenters. The fourth-order valence-electron chi connectivity index (χ4n) is 2.54. The predicted molar refractivity (Wildman–Crippen MR) is 93.1 cm³/mol. The summed E-state index contributed by atoms with van der Waals surface area (Å²) < 4.78 is 0. The molecular weight excluding hydrogens is 304 g/mol. The van der Waals surface area contributed by atoms with E-state index in [1.165, 1.54) is 0 Å². The van der Waals surface area contributed by atoms with Crippen LogP contribution in [0.3, 0.4) is 0 Å². The average Bonchev–Trinajstić information content (AvgIpc) is 2.71. The maximum Gasteiger partial charge on any atom is 0.149 e. The molecule has 122 valence electrons. The van der Waals surface area contributed by atoms with Gasteiger partial charge in [-0.15, -0.1) is 11.8 Å². The highest BCUT2D eigenvalue weighted by Gasteiger charge is 2.40. The fraction of sp³-hybridized carbons (Fsp3) is 0.812. The van der Waals surface area contributed by atoms with Crippen LogP contribution < -0.4 is 0 Å². The molecule has 1 fully saturated rings. The summed E-state index contributed by atoms with van der Waals surface area (Å²) >= 11 is 5.78. The average molecular weight is 333 g/mol. The third-order valence-electron chi connectivity index (χ3n) is 3.78. The lowest BCUT2D eigenvalue weighted by Crippen LogP contribution is -2.22. The lowest BCUT2D eigenvalue weighted by atomic mass is 10.0. The van der Waals surface area contributed by atoms with Crippen molar-refractivity contribution < 1.29 is 15.0 Å². The zero-order chi connectivity index (χ0) is 15.7. The summed E-state index contributed by atoms with van der Waals surface area (Å²) in [5.74, 6) is 1.66. The quantitative estimate of drug-likeness (QED) is 0.327. The first kappa shape index (κ1) is 19.1. The first-order valence-corrected chi connectivity index (χ1v) is 9.57. The van der Waals surface area contributed by atoms with E-state index in [4.69, 9.17) is 0 Å². The number of carbonyl (C=O) groups excluding carboxylic acids is 1. The number of unbranched alkanes of at least 4 members (excludes halogenated alkanes) is 2. The van der Waals surface area contributed by atoms with Crippen LogP contribution in [0, 0.1) is 5.92 Å². The molecule has 0 heterocycles. The van der Waals surface area contributed by atoms with E-state index in [9.17, 15) is 15.0 Å². The van der Waals surface area contributed by atoms with Gasteiger partial charge in [-0.05, 0) is 24.3 Å². The molecule has 1 rings (SSSR count). The molecule has 0 aromatic carbocycles. The number of ketones is 1. The zero-order valence-corrected chi connectivity index (χ0v) is 14.5. The second-order valence-corrected chi connectivity index (χ2v) is 7.33. The Kier molecular flexibility index (Phi) is 9.73. The van der Waals surface area contributed by atoms with Gasteiger partial charge in [-0.25, -0.2) is 0 Å². The molecule has 0 spiro atoms. The van der Waals surface area contributed by atoms with Gasteiger partial charge in [-0.1, -0.05) is 38.3 Å². The van der Waals surface area contributed by atoms with E-state index < -0.39 is 12.2 Å². The maximum absolute atomic E-state index is 11.9.